The summed E-state index contributed by atoms with van der Waals surface area (Å²) in [5.41, 5.74) is 3.89. The molecule has 0 spiro atoms. The molecule has 0 bridgehead atoms. The maximum absolute atomic E-state index is 5.51. The summed E-state index contributed by atoms with van der Waals surface area (Å²) in [7, 11) is 0. The van der Waals surface area contributed by atoms with Crippen LogP contribution in [0.5, 0.6) is 0 Å². The van der Waals surface area contributed by atoms with Crippen LogP contribution < -0.4 is 0 Å². The molecule has 1 aromatic rings. The monoisotopic (exact) mass is 174 g/mol. The summed E-state index contributed by atoms with van der Waals surface area (Å²) in [5, 5.41) is 0. The number of benzene rings is 1. The highest BCUT2D eigenvalue weighted by Crippen LogP contribution is 2.03. The molecule has 68 valence electrons. The molecule has 0 N–H and O–H groups in total. The van der Waals surface area contributed by atoms with Gasteiger partial charge in [-0.3, -0.25) is 0 Å². The van der Waals surface area contributed by atoms with Gasteiger partial charge in [0, 0.05) is 0 Å². The summed E-state index contributed by atoms with van der Waals surface area (Å²) >= 11 is 0. The molecule has 0 heterocycles. The van der Waals surface area contributed by atoms with Gasteiger partial charge in [0.05, 0.1) is 12.7 Å². The summed E-state index contributed by atoms with van der Waals surface area (Å²) in [6.07, 6.45) is 1.89. The third-order valence-electron chi connectivity index (χ3n) is 1.71. The van der Waals surface area contributed by atoms with Gasteiger partial charge in [-0.15, -0.1) is 5.73 Å². The summed E-state index contributed by atoms with van der Waals surface area (Å²) in [6, 6.07) is 10.1. The van der Waals surface area contributed by atoms with Crippen LogP contribution in [0, 0.1) is 0 Å². The van der Waals surface area contributed by atoms with Gasteiger partial charge in [-0.1, -0.05) is 36.9 Å². The van der Waals surface area contributed by atoms with E-state index in [1.54, 1.807) is 0 Å². The summed E-state index contributed by atoms with van der Waals surface area (Å²) in [5.74, 6) is 0. The Morgan fingerprint density at radius 2 is 2.15 bits per heavy atom. The number of ether oxygens (including phenoxy) is 1. The second-order valence-electron chi connectivity index (χ2n) is 2.87. The third-order valence-corrected chi connectivity index (χ3v) is 1.71. The van der Waals surface area contributed by atoms with E-state index in [0.29, 0.717) is 6.61 Å². The first-order valence-electron chi connectivity index (χ1n) is 4.34. The predicted octanol–water partition coefficient (Wildman–Crippen LogP) is 2.93. The number of rotatable bonds is 4. The van der Waals surface area contributed by atoms with Crippen molar-refractivity contribution in [1.29, 1.82) is 0 Å². The summed E-state index contributed by atoms with van der Waals surface area (Å²) in [4.78, 5) is 0. The average Bonchev–Trinajstić information content (AvgIpc) is 2.17. The molecule has 1 atom stereocenters. The van der Waals surface area contributed by atoms with E-state index in [4.69, 9.17) is 4.74 Å². The standard InChI is InChI=1S/C12H14O/c1-3-7-11(2)13-10-12-8-5-4-6-9-12/h4-9,11H,1,10H2,2H3/t11-/m0/s1. The first-order valence-corrected chi connectivity index (χ1v) is 4.34. The molecule has 1 rings (SSSR count). The highest BCUT2D eigenvalue weighted by molar-refractivity contribution is 5.13. The van der Waals surface area contributed by atoms with Crippen LogP contribution in [0.25, 0.3) is 0 Å². The molecule has 0 aromatic heterocycles. The molecule has 0 amide bonds. The largest absolute Gasteiger partial charge is 0.369 e. The minimum atomic E-state index is 0.0812. The Morgan fingerprint density at radius 1 is 1.46 bits per heavy atom. The molecule has 1 heteroatoms. The molecular weight excluding hydrogens is 160 g/mol. The number of hydrogen-bond donors (Lipinski definition) is 0. The summed E-state index contributed by atoms with van der Waals surface area (Å²) in [6.45, 7) is 6.11. The van der Waals surface area contributed by atoms with E-state index in [2.05, 4.69) is 12.3 Å². The molecule has 0 aliphatic carbocycles. The van der Waals surface area contributed by atoms with E-state index in [-0.39, 0.29) is 6.10 Å². The van der Waals surface area contributed by atoms with E-state index in [1.165, 1.54) is 5.56 Å². The normalized spacial score (nSPS) is 11.8. The highest BCUT2D eigenvalue weighted by Gasteiger charge is 1.96. The zero-order chi connectivity index (χ0) is 9.52. The second kappa shape index (κ2) is 5.36. The fourth-order valence-electron chi connectivity index (χ4n) is 1.02. The van der Waals surface area contributed by atoms with E-state index in [0.717, 1.165) is 0 Å². The van der Waals surface area contributed by atoms with E-state index in [1.807, 2.05) is 43.3 Å². The molecule has 0 saturated heterocycles. The van der Waals surface area contributed by atoms with Crippen molar-refractivity contribution in [3.05, 3.63) is 54.3 Å². The lowest BCUT2D eigenvalue weighted by Gasteiger charge is -2.07. The van der Waals surface area contributed by atoms with Gasteiger partial charge in [0.15, 0.2) is 0 Å². The van der Waals surface area contributed by atoms with Crippen LogP contribution in [-0.4, -0.2) is 6.10 Å². The van der Waals surface area contributed by atoms with Gasteiger partial charge >= 0.3 is 0 Å². The average molecular weight is 174 g/mol. The van der Waals surface area contributed by atoms with Crippen molar-refractivity contribution in [3.8, 4) is 0 Å². The fraction of sp³-hybridized carbons (Fsp3) is 0.250. The molecule has 0 unspecified atom stereocenters. The molecule has 13 heavy (non-hydrogen) atoms. The molecule has 0 aliphatic heterocycles. The van der Waals surface area contributed by atoms with Crippen molar-refractivity contribution in [2.75, 3.05) is 0 Å². The second-order valence-corrected chi connectivity index (χ2v) is 2.87. The maximum Gasteiger partial charge on any atom is 0.0805 e. The van der Waals surface area contributed by atoms with Crippen LogP contribution in [0.2, 0.25) is 0 Å². The molecule has 0 radical (unpaired) electrons. The van der Waals surface area contributed by atoms with Crippen molar-refractivity contribution in [2.45, 2.75) is 19.6 Å². The number of hydrogen-bond acceptors (Lipinski definition) is 1. The van der Waals surface area contributed by atoms with Gasteiger partial charge in [0.2, 0.25) is 0 Å². The lowest BCUT2D eigenvalue weighted by Crippen LogP contribution is -2.03. The van der Waals surface area contributed by atoms with Crippen LogP contribution in [0.1, 0.15) is 12.5 Å². The Bertz CT molecular complexity index is 283. The van der Waals surface area contributed by atoms with Gasteiger partial charge in [0.25, 0.3) is 0 Å². The van der Waals surface area contributed by atoms with Gasteiger partial charge in [-0.2, -0.15) is 0 Å². The molecular formula is C12H14O. The smallest absolute Gasteiger partial charge is 0.0805 e. The van der Waals surface area contributed by atoms with Crippen molar-refractivity contribution < 1.29 is 4.74 Å². The Kier molecular flexibility index (Phi) is 4.04. The van der Waals surface area contributed by atoms with Crippen LogP contribution in [-0.2, 0) is 11.3 Å². The van der Waals surface area contributed by atoms with Gasteiger partial charge in [-0.25, -0.2) is 0 Å². The first kappa shape index (κ1) is 9.79. The zero-order valence-electron chi connectivity index (χ0n) is 7.86. The summed E-state index contributed by atoms with van der Waals surface area (Å²) < 4.78 is 5.51. The van der Waals surface area contributed by atoms with E-state index >= 15 is 0 Å². The third kappa shape index (κ3) is 3.75. The first-order chi connectivity index (χ1) is 6.33. The molecule has 0 fully saturated rings. The highest BCUT2D eigenvalue weighted by atomic mass is 16.5. The van der Waals surface area contributed by atoms with Gasteiger partial charge in [0.1, 0.15) is 0 Å². The minimum Gasteiger partial charge on any atom is -0.369 e. The minimum absolute atomic E-state index is 0.0812. The molecule has 0 saturated carbocycles. The van der Waals surface area contributed by atoms with Crippen LogP contribution in [0.3, 0.4) is 0 Å². The zero-order valence-corrected chi connectivity index (χ0v) is 7.86. The topological polar surface area (TPSA) is 9.23 Å². The fourth-order valence-corrected chi connectivity index (χ4v) is 1.02. The lowest BCUT2D eigenvalue weighted by molar-refractivity contribution is 0.0842. The Morgan fingerprint density at radius 3 is 2.77 bits per heavy atom. The van der Waals surface area contributed by atoms with Crippen LogP contribution in [0.15, 0.2) is 48.7 Å². The van der Waals surface area contributed by atoms with Gasteiger partial charge < -0.3 is 4.74 Å². The molecule has 1 nitrogen and oxygen atoms in total. The Balaban J connectivity index is 2.39. The SMILES string of the molecule is C=C=C[C@H](C)OCc1ccccc1. The van der Waals surface area contributed by atoms with E-state index < -0.39 is 0 Å². The molecule has 1 aromatic carbocycles. The predicted molar refractivity (Wildman–Crippen MR) is 54.4 cm³/mol. The van der Waals surface area contributed by atoms with E-state index in [9.17, 15) is 0 Å². The lowest BCUT2D eigenvalue weighted by atomic mass is 10.2. The van der Waals surface area contributed by atoms with Crippen molar-refractivity contribution in [1.82, 2.24) is 0 Å². The van der Waals surface area contributed by atoms with Crippen LogP contribution >= 0.6 is 0 Å². The van der Waals surface area contributed by atoms with Crippen molar-refractivity contribution in [2.24, 2.45) is 0 Å². The Labute approximate surface area is 79.4 Å². The van der Waals surface area contributed by atoms with Gasteiger partial charge in [-0.05, 0) is 18.6 Å². The quantitative estimate of drug-likeness (QED) is 0.638. The Hall–Kier alpha value is -1.30. The molecule has 0 aliphatic rings. The van der Waals surface area contributed by atoms with Crippen molar-refractivity contribution in [3.63, 3.8) is 0 Å². The maximum atomic E-state index is 5.51. The van der Waals surface area contributed by atoms with Crippen LogP contribution in [0.4, 0.5) is 0 Å². The van der Waals surface area contributed by atoms with Crippen molar-refractivity contribution >= 4 is 0 Å².